The van der Waals surface area contributed by atoms with E-state index >= 15 is 0 Å². The van der Waals surface area contributed by atoms with Gasteiger partial charge in [-0.15, -0.1) is 11.6 Å². The van der Waals surface area contributed by atoms with Crippen LogP contribution in [0.4, 0.5) is 18.9 Å². The van der Waals surface area contributed by atoms with Crippen LogP contribution in [0.25, 0.3) is 16.5 Å². The summed E-state index contributed by atoms with van der Waals surface area (Å²) < 4.78 is 40.8. The molecular weight excluding hydrogens is 453 g/mol. The molecule has 9 heteroatoms. The van der Waals surface area contributed by atoms with Crippen LogP contribution in [0.15, 0.2) is 48.8 Å². The zero-order chi connectivity index (χ0) is 23.5. The van der Waals surface area contributed by atoms with Gasteiger partial charge in [-0.25, -0.2) is 13.2 Å². The monoisotopic (exact) mass is 474 g/mol. The van der Waals surface area contributed by atoms with Crippen molar-refractivity contribution >= 4 is 39.7 Å². The highest BCUT2D eigenvalue weighted by Crippen LogP contribution is 2.32. The van der Waals surface area contributed by atoms with Gasteiger partial charge in [-0.1, -0.05) is 24.3 Å². The third-order valence-corrected chi connectivity index (χ3v) is 5.99. The third kappa shape index (κ3) is 4.80. The van der Waals surface area contributed by atoms with E-state index in [0.29, 0.717) is 30.7 Å². The van der Waals surface area contributed by atoms with Crippen LogP contribution in [-0.2, 0) is 4.79 Å². The first-order valence-corrected chi connectivity index (χ1v) is 11.0. The average Bonchev–Trinajstić information content (AvgIpc) is 2.83. The highest BCUT2D eigenvalue weighted by molar-refractivity contribution is 6.27. The van der Waals surface area contributed by atoms with Crippen molar-refractivity contribution in [2.45, 2.75) is 25.8 Å². The molecule has 0 saturated carbocycles. The van der Waals surface area contributed by atoms with Crippen molar-refractivity contribution in [3.05, 3.63) is 71.4 Å². The van der Waals surface area contributed by atoms with Crippen LogP contribution in [0.1, 0.15) is 42.6 Å². The molecule has 1 aliphatic heterocycles. The number of benzene rings is 1. The van der Waals surface area contributed by atoms with Gasteiger partial charge in [-0.05, 0) is 31.1 Å². The quantitative estimate of drug-likeness (QED) is 0.463. The number of hydrogen-bond donors (Lipinski definition) is 1. The van der Waals surface area contributed by atoms with E-state index in [2.05, 4.69) is 15.3 Å². The number of fused-ring (bicyclic) bond motifs is 1. The molecule has 2 aromatic heterocycles. The Morgan fingerprint density at radius 1 is 1.24 bits per heavy atom. The number of aromatic nitrogens is 2. The number of anilines is 1. The summed E-state index contributed by atoms with van der Waals surface area (Å²) in [6.45, 7) is 2.75. The third-order valence-electron chi connectivity index (χ3n) is 5.77. The maximum absolute atomic E-state index is 14.6. The Morgan fingerprint density at radius 2 is 2.03 bits per heavy atom. The molecule has 1 atom stereocenters. The van der Waals surface area contributed by atoms with Crippen molar-refractivity contribution in [3.63, 3.8) is 0 Å². The molecule has 1 N–H and O–H groups in total. The predicted molar refractivity (Wildman–Crippen MR) is 123 cm³/mol. The Balaban J connectivity index is 1.63. The molecule has 3 aromatic rings. The molecule has 3 heterocycles. The van der Waals surface area contributed by atoms with Crippen LogP contribution in [-0.4, -0.2) is 39.7 Å². The van der Waals surface area contributed by atoms with E-state index < -0.39 is 23.8 Å². The van der Waals surface area contributed by atoms with Crippen molar-refractivity contribution < 1.29 is 18.0 Å². The maximum Gasteiger partial charge on any atom is 0.266 e. The molecule has 5 nitrogen and oxygen atoms in total. The van der Waals surface area contributed by atoms with E-state index in [1.807, 2.05) is 12.1 Å². The molecule has 172 valence electrons. The SMILES string of the molecule is C[C@@H](Nc1ccnc2cnc(C3=CCN(C(=O)CCl)CC3)cc12)c1cccc(C(F)F)c1F. The summed E-state index contributed by atoms with van der Waals surface area (Å²) >= 11 is 5.64. The number of pyridine rings is 2. The van der Waals surface area contributed by atoms with E-state index in [4.69, 9.17) is 11.6 Å². The molecule has 4 rings (SSSR count). The van der Waals surface area contributed by atoms with Crippen molar-refractivity contribution in [1.82, 2.24) is 14.9 Å². The Bertz CT molecular complexity index is 1220. The summed E-state index contributed by atoms with van der Waals surface area (Å²) in [7, 11) is 0. The van der Waals surface area contributed by atoms with Gasteiger partial charge in [0.05, 0.1) is 29.0 Å². The van der Waals surface area contributed by atoms with Gasteiger partial charge in [0, 0.05) is 35.9 Å². The summed E-state index contributed by atoms with van der Waals surface area (Å²) in [6.07, 6.45) is 2.99. The van der Waals surface area contributed by atoms with Crippen LogP contribution in [0.5, 0.6) is 0 Å². The van der Waals surface area contributed by atoms with Crippen molar-refractivity contribution in [3.8, 4) is 0 Å². The summed E-state index contributed by atoms with van der Waals surface area (Å²) in [5.74, 6) is -1.06. The largest absolute Gasteiger partial charge is 0.378 e. The minimum Gasteiger partial charge on any atom is -0.378 e. The number of rotatable bonds is 6. The van der Waals surface area contributed by atoms with Gasteiger partial charge in [0.2, 0.25) is 5.91 Å². The zero-order valence-corrected chi connectivity index (χ0v) is 18.6. The Morgan fingerprint density at radius 3 is 2.73 bits per heavy atom. The summed E-state index contributed by atoms with van der Waals surface area (Å²) in [4.78, 5) is 22.3. The van der Waals surface area contributed by atoms with Crippen LogP contribution in [0.3, 0.4) is 0 Å². The number of hydrogen-bond acceptors (Lipinski definition) is 4. The van der Waals surface area contributed by atoms with Crippen LogP contribution in [0, 0.1) is 5.82 Å². The lowest BCUT2D eigenvalue weighted by Crippen LogP contribution is -2.35. The fourth-order valence-electron chi connectivity index (χ4n) is 3.95. The molecular formula is C24H22ClF3N4O. The molecule has 0 spiro atoms. The number of nitrogens with zero attached hydrogens (tertiary/aromatic N) is 3. The van der Waals surface area contributed by atoms with E-state index in [9.17, 15) is 18.0 Å². The topological polar surface area (TPSA) is 58.1 Å². The Labute approximate surface area is 194 Å². The van der Waals surface area contributed by atoms with Gasteiger partial charge in [0.1, 0.15) is 11.7 Å². The van der Waals surface area contributed by atoms with Crippen molar-refractivity contribution in [2.75, 3.05) is 24.3 Å². The Kier molecular flexibility index (Phi) is 6.83. The van der Waals surface area contributed by atoms with Crippen LogP contribution < -0.4 is 5.32 Å². The highest BCUT2D eigenvalue weighted by Gasteiger charge is 2.21. The van der Waals surface area contributed by atoms with Gasteiger partial charge < -0.3 is 10.2 Å². The van der Waals surface area contributed by atoms with E-state index in [0.717, 1.165) is 22.7 Å². The molecule has 0 radical (unpaired) electrons. The standard InChI is InChI=1S/C24H22ClF3N4O/c1-14(16-3-2-4-17(23(16)26)24(27)28)31-19-5-8-29-21-13-30-20(11-18(19)21)15-6-9-32(10-7-15)22(33)12-25/h2-6,8,11,13-14,24H,7,9-10,12H2,1H3,(H,29,31)/t14-/m1/s1. The summed E-state index contributed by atoms with van der Waals surface area (Å²) in [6, 6.07) is 7.11. The molecule has 1 amide bonds. The minimum atomic E-state index is -2.88. The lowest BCUT2D eigenvalue weighted by molar-refractivity contribution is -0.128. The lowest BCUT2D eigenvalue weighted by Gasteiger charge is -2.25. The molecule has 0 aliphatic carbocycles. The van der Waals surface area contributed by atoms with Gasteiger partial charge in [0.25, 0.3) is 6.43 Å². The average molecular weight is 475 g/mol. The van der Waals surface area contributed by atoms with E-state index in [-0.39, 0.29) is 17.4 Å². The molecule has 0 unspecified atom stereocenters. The first-order chi connectivity index (χ1) is 15.9. The second kappa shape index (κ2) is 9.79. The smallest absolute Gasteiger partial charge is 0.266 e. The molecule has 0 fully saturated rings. The second-order valence-corrected chi connectivity index (χ2v) is 8.08. The van der Waals surface area contributed by atoms with Crippen molar-refractivity contribution in [2.24, 2.45) is 0 Å². The predicted octanol–water partition coefficient (Wildman–Crippen LogP) is 5.73. The van der Waals surface area contributed by atoms with Gasteiger partial charge in [0.15, 0.2) is 0 Å². The van der Waals surface area contributed by atoms with E-state index in [1.165, 1.54) is 12.1 Å². The van der Waals surface area contributed by atoms with E-state index in [1.54, 1.807) is 30.3 Å². The fraction of sp³-hybridized carbons (Fsp3) is 0.292. The minimum absolute atomic E-state index is 0.0445. The number of carbonyl (C=O) groups is 1. The highest BCUT2D eigenvalue weighted by atomic mass is 35.5. The number of amides is 1. The summed E-state index contributed by atoms with van der Waals surface area (Å²) in [5.41, 5.74) is 2.65. The normalized spacial score (nSPS) is 15.0. The fourth-order valence-corrected chi connectivity index (χ4v) is 4.11. The van der Waals surface area contributed by atoms with Gasteiger partial charge in [-0.3, -0.25) is 14.8 Å². The van der Waals surface area contributed by atoms with Crippen LogP contribution >= 0.6 is 11.6 Å². The number of nitrogens with one attached hydrogen (secondary N) is 1. The number of carbonyl (C=O) groups excluding carboxylic acids is 1. The zero-order valence-electron chi connectivity index (χ0n) is 17.9. The van der Waals surface area contributed by atoms with Crippen LogP contribution in [0.2, 0.25) is 0 Å². The first kappa shape index (κ1) is 23.0. The first-order valence-electron chi connectivity index (χ1n) is 10.5. The second-order valence-electron chi connectivity index (χ2n) is 7.82. The van der Waals surface area contributed by atoms with Gasteiger partial charge >= 0.3 is 0 Å². The molecule has 33 heavy (non-hydrogen) atoms. The molecule has 1 aromatic carbocycles. The van der Waals surface area contributed by atoms with Crippen molar-refractivity contribution in [1.29, 1.82) is 0 Å². The number of halogens is 4. The molecule has 0 bridgehead atoms. The maximum atomic E-state index is 14.6. The lowest BCUT2D eigenvalue weighted by atomic mass is 10.0. The number of alkyl halides is 3. The molecule has 1 aliphatic rings. The van der Waals surface area contributed by atoms with Gasteiger partial charge in [-0.2, -0.15) is 0 Å². The molecule has 0 saturated heterocycles. The summed E-state index contributed by atoms with van der Waals surface area (Å²) in [5, 5.41) is 4.01. The Hall–Kier alpha value is -3.13.